The lowest BCUT2D eigenvalue weighted by atomic mass is 10.0. The van der Waals surface area contributed by atoms with Crippen LogP contribution in [0.25, 0.3) is 11.2 Å². The zero-order valence-electron chi connectivity index (χ0n) is 15.4. The van der Waals surface area contributed by atoms with E-state index in [1.54, 1.807) is 12.3 Å². The van der Waals surface area contributed by atoms with E-state index >= 15 is 0 Å². The molecule has 0 amide bonds. The van der Waals surface area contributed by atoms with Crippen LogP contribution >= 0.6 is 0 Å². The number of hydrogen-bond donors (Lipinski definition) is 2. The zero-order valence-corrected chi connectivity index (χ0v) is 15.4. The Morgan fingerprint density at radius 3 is 2.93 bits per heavy atom. The van der Waals surface area contributed by atoms with Crippen LogP contribution in [0.15, 0.2) is 40.9 Å². The molecule has 4 rings (SSSR count). The van der Waals surface area contributed by atoms with Gasteiger partial charge in [-0.25, -0.2) is 4.98 Å². The zero-order chi connectivity index (χ0) is 18.6. The molecule has 0 aliphatic carbocycles. The number of ether oxygens (including phenoxy) is 1. The lowest BCUT2D eigenvalue weighted by Gasteiger charge is -2.32. The summed E-state index contributed by atoms with van der Waals surface area (Å²) >= 11 is 0. The van der Waals surface area contributed by atoms with Crippen LogP contribution in [0.4, 0.5) is 6.01 Å². The number of benzene rings is 1. The van der Waals surface area contributed by atoms with Gasteiger partial charge in [0.25, 0.3) is 6.01 Å². The molecule has 142 valence electrons. The molecule has 3 aromatic rings. The summed E-state index contributed by atoms with van der Waals surface area (Å²) in [6.45, 7) is 5.28. The minimum absolute atomic E-state index is 0.191. The summed E-state index contributed by atoms with van der Waals surface area (Å²) in [6.07, 6.45) is 3.75. The van der Waals surface area contributed by atoms with E-state index in [1.165, 1.54) is 0 Å². The molecular weight excluding hydrogens is 344 g/mol. The van der Waals surface area contributed by atoms with Crippen molar-refractivity contribution in [3.8, 4) is 11.5 Å². The van der Waals surface area contributed by atoms with Crippen molar-refractivity contribution in [2.24, 2.45) is 0 Å². The first-order chi connectivity index (χ1) is 13.2. The second kappa shape index (κ2) is 7.84. The maximum atomic E-state index is 9.83. The predicted octanol–water partition coefficient (Wildman–Crippen LogP) is 3.40. The number of nitrogens with one attached hydrogen (secondary N) is 1. The number of hydrogen-bond acceptors (Lipinski definition) is 7. The van der Waals surface area contributed by atoms with Gasteiger partial charge in [0.05, 0.1) is 6.61 Å². The molecule has 27 heavy (non-hydrogen) atoms. The molecule has 0 radical (unpaired) electrons. The molecule has 0 saturated carbocycles. The van der Waals surface area contributed by atoms with E-state index in [0.29, 0.717) is 35.6 Å². The number of aromatic nitrogens is 2. The van der Waals surface area contributed by atoms with Crippen LogP contribution in [-0.4, -0.2) is 45.7 Å². The Hall–Kier alpha value is -2.80. The van der Waals surface area contributed by atoms with Crippen LogP contribution in [0.2, 0.25) is 0 Å². The van der Waals surface area contributed by atoms with Crippen LogP contribution < -0.4 is 10.1 Å². The number of piperidine rings is 1. The summed E-state index contributed by atoms with van der Waals surface area (Å²) in [5.74, 6) is 0.743. The van der Waals surface area contributed by atoms with Crippen molar-refractivity contribution in [3.63, 3.8) is 0 Å². The van der Waals surface area contributed by atoms with Crippen LogP contribution in [0.3, 0.4) is 0 Å². The standard InChI is InChI=1S/C20H24N4O3/c1-2-26-18-12-14(5-6-16(18)25)13-24-10-7-15(8-11-24)22-20-23-19-17(27-20)4-3-9-21-19/h3-6,9,12,15,25H,2,7-8,10-11,13H2,1H3,(H,21,22,23). The van der Waals surface area contributed by atoms with E-state index in [0.717, 1.165) is 38.0 Å². The number of pyridine rings is 1. The van der Waals surface area contributed by atoms with Gasteiger partial charge in [0.15, 0.2) is 17.1 Å². The summed E-state index contributed by atoms with van der Waals surface area (Å²) in [5, 5.41) is 13.2. The minimum atomic E-state index is 0.191. The summed E-state index contributed by atoms with van der Waals surface area (Å²) in [6, 6.07) is 10.2. The Bertz CT molecular complexity index is 870. The Morgan fingerprint density at radius 2 is 2.15 bits per heavy atom. The molecule has 0 spiro atoms. The molecule has 1 fully saturated rings. The molecule has 1 aliphatic heterocycles. The molecule has 1 aromatic carbocycles. The number of phenols is 1. The van der Waals surface area contributed by atoms with Gasteiger partial charge in [-0.15, -0.1) is 0 Å². The number of fused-ring (bicyclic) bond motifs is 1. The Kier molecular flexibility index (Phi) is 5.11. The van der Waals surface area contributed by atoms with Crippen molar-refractivity contribution in [3.05, 3.63) is 42.1 Å². The highest BCUT2D eigenvalue weighted by Crippen LogP contribution is 2.28. The van der Waals surface area contributed by atoms with E-state index < -0.39 is 0 Å². The first-order valence-corrected chi connectivity index (χ1v) is 9.36. The molecule has 2 N–H and O–H groups in total. The van der Waals surface area contributed by atoms with E-state index in [2.05, 4.69) is 20.2 Å². The Balaban J connectivity index is 1.31. The molecule has 7 nitrogen and oxygen atoms in total. The number of likely N-dealkylation sites (tertiary alicyclic amines) is 1. The van der Waals surface area contributed by atoms with Gasteiger partial charge in [-0.3, -0.25) is 4.90 Å². The van der Waals surface area contributed by atoms with Crippen LogP contribution in [-0.2, 0) is 6.54 Å². The number of aromatic hydroxyl groups is 1. The molecule has 7 heteroatoms. The highest BCUT2D eigenvalue weighted by molar-refractivity contribution is 5.69. The van der Waals surface area contributed by atoms with Gasteiger partial charge < -0.3 is 19.6 Å². The largest absolute Gasteiger partial charge is 0.504 e. The fraction of sp³-hybridized carbons (Fsp3) is 0.400. The van der Waals surface area contributed by atoms with Crippen molar-refractivity contribution >= 4 is 17.2 Å². The highest BCUT2D eigenvalue weighted by atomic mass is 16.5. The molecule has 2 aromatic heterocycles. The maximum Gasteiger partial charge on any atom is 0.297 e. The van der Waals surface area contributed by atoms with Crippen molar-refractivity contribution in [2.75, 3.05) is 25.0 Å². The van der Waals surface area contributed by atoms with Gasteiger partial charge in [-0.1, -0.05) is 6.07 Å². The molecule has 1 saturated heterocycles. The Morgan fingerprint density at radius 1 is 1.30 bits per heavy atom. The highest BCUT2D eigenvalue weighted by Gasteiger charge is 2.21. The van der Waals surface area contributed by atoms with Crippen LogP contribution in [0.1, 0.15) is 25.3 Å². The van der Waals surface area contributed by atoms with Gasteiger partial charge in [-0.2, -0.15) is 4.98 Å². The van der Waals surface area contributed by atoms with Crippen LogP contribution in [0.5, 0.6) is 11.5 Å². The van der Waals surface area contributed by atoms with Gasteiger partial charge >= 0.3 is 0 Å². The molecule has 0 bridgehead atoms. The fourth-order valence-corrected chi connectivity index (χ4v) is 3.43. The monoisotopic (exact) mass is 368 g/mol. The Labute approximate surface area is 158 Å². The normalized spacial score (nSPS) is 15.9. The third-order valence-electron chi connectivity index (χ3n) is 4.81. The lowest BCUT2D eigenvalue weighted by Crippen LogP contribution is -2.38. The molecule has 3 heterocycles. The van der Waals surface area contributed by atoms with E-state index in [4.69, 9.17) is 9.15 Å². The van der Waals surface area contributed by atoms with Crippen molar-refractivity contribution < 1.29 is 14.3 Å². The van der Waals surface area contributed by atoms with Gasteiger partial charge in [0.1, 0.15) is 0 Å². The minimum Gasteiger partial charge on any atom is -0.504 e. The third kappa shape index (κ3) is 4.14. The van der Waals surface area contributed by atoms with Crippen LogP contribution in [0, 0.1) is 0 Å². The second-order valence-electron chi connectivity index (χ2n) is 6.77. The van der Waals surface area contributed by atoms with Gasteiger partial charge in [0.2, 0.25) is 5.65 Å². The quantitative estimate of drug-likeness (QED) is 0.690. The lowest BCUT2D eigenvalue weighted by molar-refractivity contribution is 0.210. The number of phenolic OH excluding ortho intramolecular Hbond substituents is 1. The molecular formula is C20H24N4O3. The smallest absolute Gasteiger partial charge is 0.297 e. The molecule has 0 atom stereocenters. The average Bonchev–Trinajstić information content (AvgIpc) is 3.08. The first kappa shape index (κ1) is 17.6. The topological polar surface area (TPSA) is 83.7 Å². The van der Waals surface area contributed by atoms with Crippen molar-refractivity contribution in [1.29, 1.82) is 0 Å². The number of nitrogens with zero attached hydrogens (tertiary/aromatic N) is 3. The summed E-state index contributed by atoms with van der Waals surface area (Å²) in [5.41, 5.74) is 2.48. The van der Waals surface area contributed by atoms with Crippen molar-refractivity contribution in [2.45, 2.75) is 32.4 Å². The second-order valence-corrected chi connectivity index (χ2v) is 6.77. The van der Waals surface area contributed by atoms with E-state index in [1.807, 2.05) is 31.2 Å². The average molecular weight is 368 g/mol. The number of rotatable bonds is 6. The molecule has 0 unspecified atom stereocenters. The maximum absolute atomic E-state index is 9.83. The van der Waals surface area contributed by atoms with E-state index in [9.17, 15) is 5.11 Å². The fourth-order valence-electron chi connectivity index (χ4n) is 3.43. The summed E-state index contributed by atoms with van der Waals surface area (Å²) in [4.78, 5) is 11.0. The number of oxazole rings is 1. The summed E-state index contributed by atoms with van der Waals surface area (Å²) in [7, 11) is 0. The van der Waals surface area contributed by atoms with Crippen molar-refractivity contribution in [1.82, 2.24) is 14.9 Å². The molecule has 1 aliphatic rings. The first-order valence-electron chi connectivity index (χ1n) is 9.36. The summed E-state index contributed by atoms with van der Waals surface area (Å²) < 4.78 is 11.2. The van der Waals surface area contributed by atoms with Gasteiger partial charge in [-0.05, 0) is 49.6 Å². The third-order valence-corrected chi connectivity index (χ3v) is 4.81. The SMILES string of the molecule is CCOc1cc(CN2CCC(Nc3nc4ncccc4o3)CC2)ccc1O. The predicted molar refractivity (Wildman–Crippen MR) is 103 cm³/mol. The number of anilines is 1. The van der Waals surface area contributed by atoms with E-state index in [-0.39, 0.29) is 5.75 Å². The van der Waals surface area contributed by atoms with Gasteiger partial charge in [0, 0.05) is 31.9 Å².